The predicted molar refractivity (Wildman–Crippen MR) is 120 cm³/mol. The fraction of sp³-hybridized carbons (Fsp3) is 0.300. The van der Waals surface area contributed by atoms with Crippen LogP contribution < -0.4 is 10.2 Å². The lowest BCUT2D eigenvalue weighted by Gasteiger charge is -2.08. The summed E-state index contributed by atoms with van der Waals surface area (Å²) in [5.41, 5.74) is 3.59. The smallest absolute Gasteiger partial charge is 0.379 e. The van der Waals surface area contributed by atoms with Gasteiger partial charge in [-0.3, -0.25) is 9.48 Å². The third-order valence-corrected chi connectivity index (χ3v) is 5.11. The molecule has 0 fully saturated rings. The van der Waals surface area contributed by atoms with Crippen molar-refractivity contribution in [2.75, 3.05) is 23.8 Å². The number of nitrogens with zero attached hydrogens (tertiary/aromatic N) is 8. The van der Waals surface area contributed by atoms with Crippen molar-refractivity contribution in [2.24, 2.45) is 7.05 Å². The molecule has 5 rings (SSSR count). The van der Waals surface area contributed by atoms with Crippen LogP contribution in [0.1, 0.15) is 29.3 Å². The largest absolute Gasteiger partial charge is 0.387 e. The van der Waals surface area contributed by atoms with Gasteiger partial charge in [-0.05, 0) is 6.07 Å². The number of hydrogen-bond acceptors (Lipinski definition) is 7. The number of fused-ring (bicyclic) bond motifs is 3. The van der Waals surface area contributed by atoms with Crippen LogP contribution in [0.25, 0.3) is 5.65 Å². The molecular formula is C20H19ClF5N9O. The summed E-state index contributed by atoms with van der Waals surface area (Å²) < 4.78 is 56.4. The first-order valence-electron chi connectivity index (χ1n) is 10.1. The molecule has 1 aliphatic rings. The molecule has 4 aromatic heterocycles. The fourth-order valence-electron chi connectivity index (χ4n) is 3.45. The van der Waals surface area contributed by atoms with Crippen molar-refractivity contribution in [3.05, 3.63) is 59.0 Å². The van der Waals surface area contributed by atoms with Crippen LogP contribution in [-0.2, 0) is 11.8 Å². The summed E-state index contributed by atoms with van der Waals surface area (Å²) in [4.78, 5) is 17.2. The number of amides is 1. The maximum absolute atomic E-state index is 12.0. The monoisotopic (exact) mass is 531 g/mol. The van der Waals surface area contributed by atoms with E-state index in [0.29, 0.717) is 23.0 Å². The summed E-state index contributed by atoms with van der Waals surface area (Å²) in [7, 11) is 3.50. The van der Waals surface area contributed by atoms with Crippen LogP contribution >= 0.6 is 11.6 Å². The van der Waals surface area contributed by atoms with E-state index in [4.69, 9.17) is 11.6 Å². The molecule has 10 nitrogen and oxygen atoms in total. The summed E-state index contributed by atoms with van der Waals surface area (Å²) >= 11 is 5.98. The topological polar surface area (TPSA) is 106 Å². The highest BCUT2D eigenvalue weighted by atomic mass is 35.5. The molecule has 1 amide bonds. The minimum absolute atomic E-state index is 0.000340. The van der Waals surface area contributed by atoms with E-state index in [1.165, 1.54) is 12.3 Å². The van der Waals surface area contributed by atoms with Gasteiger partial charge in [0.25, 0.3) is 6.43 Å². The van der Waals surface area contributed by atoms with Gasteiger partial charge in [0, 0.05) is 44.4 Å². The minimum atomic E-state index is -3.67. The Morgan fingerprint density at radius 2 is 1.89 bits per heavy atom. The molecule has 0 radical (unpaired) electrons. The third-order valence-electron chi connectivity index (χ3n) is 4.93. The van der Waals surface area contributed by atoms with Gasteiger partial charge in [-0.1, -0.05) is 11.6 Å². The standard InChI is InChI=1S/C13H11ClN6O.C6H7F2N3.CHF3/c1-18-5-8(3-16-18)9-6-19(7-21)10-4-15-12-2-11(14)17-20(12)13(9)10;1-9-4-2-5(6(7)8)11-10-3-4;2-1(3)4/h2-5,7,9H,6H2,1H3;2-3,6H,1H3,(H,9,11);1H. The van der Waals surface area contributed by atoms with Crippen molar-refractivity contribution >= 4 is 35.0 Å². The Kier molecular flexibility index (Phi) is 8.68. The highest BCUT2D eigenvalue weighted by Crippen LogP contribution is 2.39. The van der Waals surface area contributed by atoms with Crippen LogP contribution in [0.5, 0.6) is 0 Å². The molecule has 36 heavy (non-hydrogen) atoms. The van der Waals surface area contributed by atoms with E-state index in [1.54, 1.807) is 39.6 Å². The van der Waals surface area contributed by atoms with Gasteiger partial charge in [0.2, 0.25) is 6.41 Å². The maximum Gasteiger partial charge on any atom is 0.379 e. The lowest BCUT2D eigenvalue weighted by atomic mass is 10.0. The molecule has 16 heteroatoms. The summed E-state index contributed by atoms with van der Waals surface area (Å²) in [5, 5.41) is 18.2. The Balaban J connectivity index is 0.000000203. The van der Waals surface area contributed by atoms with Gasteiger partial charge in [-0.15, -0.1) is 5.10 Å². The van der Waals surface area contributed by atoms with Crippen LogP contribution in [-0.4, -0.2) is 61.3 Å². The SMILES string of the molecule is CNc1cnnc(C(F)F)c1.Cn1cc(C2CN(C=O)c3cnc4cc(Cl)nn4c32)cn1.FC(F)F. The second-order valence-electron chi connectivity index (χ2n) is 7.19. The number of aromatic nitrogens is 7. The molecule has 0 aliphatic carbocycles. The molecular weight excluding hydrogens is 513 g/mol. The predicted octanol–water partition coefficient (Wildman–Crippen LogP) is 3.86. The average Bonchev–Trinajstić information content (AvgIpc) is 3.54. The fourth-order valence-corrected chi connectivity index (χ4v) is 3.63. The molecule has 5 heterocycles. The highest BCUT2D eigenvalue weighted by molar-refractivity contribution is 6.29. The normalized spacial score (nSPS) is 14.3. The molecule has 0 saturated heterocycles. The van der Waals surface area contributed by atoms with Crippen molar-refractivity contribution in [1.82, 2.24) is 34.6 Å². The number of aryl methyl sites for hydroxylation is 1. The van der Waals surface area contributed by atoms with Crippen molar-refractivity contribution in [1.29, 1.82) is 0 Å². The Bertz CT molecular complexity index is 1310. The first-order chi connectivity index (χ1) is 17.1. The van der Waals surface area contributed by atoms with Gasteiger partial charge >= 0.3 is 6.68 Å². The molecule has 0 bridgehead atoms. The van der Waals surface area contributed by atoms with Gasteiger partial charge in [0.15, 0.2) is 10.8 Å². The number of carbonyl (C=O) groups is 1. The van der Waals surface area contributed by atoms with Crippen LogP contribution in [0.15, 0.2) is 36.9 Å². The van der Waals surface area contributed by atoms with Crippen molar-refractivity contribution in [2.45, 2.75) is 19.0 Å². The molecule has 4 aromatic rings. The molecule has 1 unspecified atom stereocenters. The van der Waals surface area contributed by atoms with E-state index in [1.807, 2.05) is 13.2 Å². The maximum atomic E-state index is 12.0. The van der Waals surface area contributed by atoms with Gasteiger partial charge < -0.3 is 10.2 Å². The first-order valence-corrected chi connectivity index (χ1v) is 10.5. The second kappa shape index (κ2) is 11.7. The van der Waals surface area contributed by atoms with Crippen LogP contribution in [0.4, 0.5) is 33.3 Å². The number of halogens is 6. The molecule has 1 atom stereocenters. The van der Waals surface area contributed by atoms with E-state index in [-0.39, 0.29) is 11.6 Å². The Morgan fingerprint density at radius 3 is 2.47 bits per heavy atom. The Morgan fingerprint density at radius 1 is 1.17 bits per heavy atom. The zero-order valence-electron chi connectivity index (χ0n) is 18.7. The van der Waals surface area contributed by atoms with Crippen molar-refractivity contribution in [3.8, 4) is 0 Å². The van der Waals surface area contributed by atoms with Gasteiger partial charge in [-0.2, -0.15) is 28.5 Å². The Labute approximate surface area is 205 Å². The van der Waals surface area contributed by atoms with E-state index >= 15 is 0 Å². The molecule has 1 aliphatic heterocycles. The molecule has 0 spiro atoms. The molecule has 1 N–H and O–H groups in total. The quantitative estimate of drug-likeness (QED) is 0.315. The molecule has 0 aromatic carbocycles. The van der Waals surface area contributed by atoms with Gasteiger partial charge in [-0.25, -0.2) is 18.3 Å². The molecule has 192 valence electrons. The van der Waals surface area contributed by atoms with E-state index in [0.717, 1.165) is 23.4 Å². The number of rotatable bonds is 4. The lowest BCUT2D eigenvalue weighted by molar-refractivity contribution is -0.107. The number of nitrogens with one attached hydrogen (secondary N) is 1. The summed E-state index contributed by atoms with van der Waals surface area (Å²) in [6.07, 6.45) is 5.07. The zero-order valence-corrected chi connectivity index (χ0v) is 19.5. The van der Waals surface area contributed by atoms with Crippen molar-refractivity contribution in [3.63, 3.8) is 0 Å². The number of anilines is 2. The highest BCUT2D eigenvalue weighted by Gasteiger charge is 2.34. The minimum Gasteiger partial charge on any atom is -0.387 e. The zero-order chi connectivity index (χ0) is 26.4. The summed E-state index contributed by atoms with van der Waals surface area (Å²) in [6.45, 7) is -3.12. The van der Waals surface area contributed by atoms with Gasteiger partial charge in [0.05, 0.1) is 35.7 Å². The lowest BCUT2D eigenvalue weighted by Crippen LogP contribution is -2.19. The summed E-state index contributed by atoms with van der Waals surface area (Å²) in [6, 6.07) is 2.96. The number of alkyl halides is 5. The van der Waals surface area contributed by atoms with E-state index in [9.17, 15) is 26.7 Å². The number of hydrogen-bond donors (Lipinski definition) is 1. The van der Waals surface area contributed by atoms with Gasteiger partial charge in [0.1, 0.15) is 5.69 Å². The average molecular weight is 532 g/mol. The third kappa shape index (κ3) is 6.21. The summed E-state index contributed by atoms with van der Waals surface area (Å²) in [5.74, 6) is 0.000340. The Hall–Kier alpha value is -3.88. The van der Waals surface area contributed by atoms with Crippen LogP contribution in [0.2, 0.25) is 5.15 Å². The first kappa shape index (κ1) is 26.7. The van der Waals surface area contributed by atoms with Crippen LogP contribution in [0, 0.1) is 0 Å². The molecule has 0 saturated carbocycles. The number of carbonyl (C=O) groups excluding carboxylic acids is 1. The second-order valence-corrected chi connectivity index (χ2v) is 7.58. The van der Waals surface area contributed by atoms with Crippen LogP contribution in [0.3, 0.4) is 0 Å². The van der Waals surface area contributed by atoms with Crippen molar-refractivity contribution < 1.29 is 26.7 Å². The van der Waals surface area contributed by atoms with E-state index in [2.05, 4.69) is 30.7 Å². The van der Waals surface area contributed by atoms with E-state index < -0.39 is 13.1 Å².